The van der Waals surface area contributed by atoms with E-state index < -0.39 is 31.4 Å². The third-order valence-corrected chi connectivity index (χ3v) is 11.5. The van der Waals surface area contributed by atoms with Gasteiger partial charge in [0.25, 0.3) is 0 Å². The Balaban J connectivity index is 3.04. The molecule has 0 aliphatic heterocycles. The van der Waals surface area contributed by atoms with Crippen LogP contribution in [-0.4, -0.2) is 57.1 Å². The predicted octanol–water partition coefficient (Wildman–Crippen LogP) is 3.60. The molecule has 1 rings (SSSR count). The number of unbranched alkanes of at least 4 members (excludes halogenated alkanes) is 3. The van der Waals surface area contributed by atoms with Crippen molar-refractivity contribution in [3.8, 4) is 0 Å². The monoisotopic (exact) mass is 477 g/mol. The second kappa shape index (κ2) is 10.9. The zero-order chi connectivity index (χ0) is 18.9. The van der Waals surface area contributed by atoms with Gasteiger partial charge in [-0.1, -0.05) is 0 Å². The van der Waals surface area contributed by atoms with E-state index in [1.165, 1.54) is 65.7 Å². The van der Waals surface area contributed by atoms with Gasteiger partial charge >= 0.3 is 165 Å². The quantitative estimate of drug-likeness (QED) is 0.409. The molecule has 1 aromatic heterocycles. The molecule has 1 aromatic rings. The summed E-state index contributed by atoms with van der Waals surface area (Å²) in [5, 5.41) is 4.16. The number of hydrogen-bond donors (Lipinski definition) is 0. The van der Waals surface area contributed by atoms with Crippen molar-refractivity contribution >= 4 is 34.9 Å². The molecule has 0 fully saturated rings. The van der Waals surface area contributed by atoms with Crippen molar-refractivity contribution in [2.24, 2.45) is 0 Å². The molecule has 0 unspecified atom stereocenters. The minimum atomic E-state index is -3.50. The summed E-state index contributed by atoms with van der Waals surface area (Å²) >= 11 is -0.934. The van der Waals surface area contributed by atoms with Crippen LogP contribution in [0.2, 0.25) is 3.43 Å². The molecule has 144 valence electrons. The van der Waals surface area contributed by atoms with Crippen LogP contribution in [-0.2, 0) is 10.2 Å². The second-order valence-corrected chi connectivity index (χ2v) is 14.5. The molecule has 7 heteroatoms. The van der Waals surface area contributed by atoms with Gasteiger partial charge in [-0.15, -0.1) is 0 Å². The van der Waals surface area contributed by atoms with Crippen LogP contribution in [0.5, 0.6) is 0 Å². The van der Waals surface area contributed by atoms with Gasteiger partial charge in [0.1, 0.15) is 0 Å². The summed E-state index contributed by atoms with van der Waals surface area (Å²) in [5.74, 6) is 0. The summed E-state index contributed by atoms with van der Waals surface area (Å²) in [4.78, 5) is 0. The van der Waals surface area contributed by atoms with Gasteiger partial charge in [0.15, 0.2) is 0 Å². The number of nitrogens with zero attached hydrogens (tertiary/aromatic N) is 3. The Morgan fingerprint density at radius 3 is 1.92 bits per heavy atom. The molecule has 0 spiro atoms. The average Bonchev–Trinajstić information content (AvgIpc) is 3.05. The van der Waals surface area contributed by atoms with Crippen molar-refractivity contribution in [1.82, 2.24) is 13.5 Å². The standard InChI is InChI=1S/C13H27.C5H8N3O2S.Sn/c1-4-7-10-13(11-8-5-2)12-9-6-3;1-7(2)11(9,10)8-5-3-4-6-8;/h4-12H2,1-3H3;4-5H,1-2H3;. The molecule has 0 amide bonds. The Labute approximate surface area is 165 Å². The predicted molar refractivity (Wildman–Crippen MR) is 107 cm³/mol. The molecule has 1 heterocycles. The van der Waals surface area contributed by atoms with E-state index >= 15 is 0 Å². The van der Waals surface area contributed by atoms with Crippen molar-refractivity contribution in [1.29, 1.82) is 0 Å². The molecule has 0 bridgehead atoms. The number of aromatic nitrogens is 2. The van der Waals surface area contributed by atoms with Gasteiger partial charge in [-0.25, -0.2) is 0 Å². The van der Waals surface area contributed by atoms with E-state index in [1.807, 2.05) is 6.20 Å². The van der Waals surface area contributed by atoms with Gasteiger partial charge in [0, 0.05) is 0 Å². The maximum absolute atomic E-state index is 12.3. The van der Waals surface area contributed by atoms with Crippen LogP contribution in [0, 0.1) is 0 Å². The Morgan fingerprint density at radius 1 is 1.04 bits per heavy atom. The van der Waals surface area contributed by atoms with E-state index in [2.05, 4.69) is 25.9 Å². The van der Waals surface area contributed by atoms with Gasteiger partial charge < -0.3 is 0 Å². The Bertz CT molecular complexity index is 577. The van der Waals surface area contributed by atoms with E-state index in [9.17, 15) is 8.42 Å². The van der Waals surface area contributed by atoms with E-state index in [0.29, 0.717) is 3.43 Å². The van der Waals surface area contributed by atoms with Gasteiger partial charge in [-0.2, -0.15) is 0 Å². The van der Waals surface area contributed by atoms with Crippen LogP contribution in [0.15, 0.2) is 12.4 Å². The first-order valence-corrected chi connectivity index (χ1v) is 13.8. The summed E-state index contributed by atoms with van der Waals surface area (Å²) in [5.41, 5.74) is 0. The topological polar surface area (TPSA) is 55.2 Å². The molecule has 0 N–H and O–H groups in total. The fourth-order valence-electron chi connectivity index (χ4n) is 3.08. The van der Waals surface area contributed by atoms with Gasteiger partial charge in [-0.3, -0.25) is 0 Å². The van der Waals surface area contributed by atoms with Crippen molar-refractivity contribution in [2.45, 2.75) is 82.0 Å². The van der Waals surface area contributed by atoms with Gasteiger partial charge in [0.05, 0.1) is 0 Å². The summed E-state index contributed by atoms with van der Waals surface area (Å²) in [6.07, 6.45) is 15.0. The first kappa shape index (κ1) is 23.0. The second-order valence-electron chi connectivity index (χ2n) is 7.11. The van der Waals surface area contributed by atoms with Crippen LogP contribution in [0.3, 0.4) is 0 Å². The summed E-state index contributed by atoms with van der Waals surface area (Å²) in [6, 6.07) is 0. The molecule has 0 atom stereocenters. The van der Waals surface area contributed by atoms with E-state index in [-0.39, 0.29) is 0 Å². The fraction of sp³-hybridized carbons (Fsp3) is 0.833. The Morgan fingerprint density at radius 2 is 1.52 bits per heavy atom. The average molecular weight is 476 g/mol. The molecular formula is C18H35N3O2SSn. The molecule has 25 heavy (non-hydrogen) atoms. The van der Waals surface area contributed by atoms with Gasteiger partial charge in [0.2, 0.25) is 0 Å². The molecule has 0 aliphatic carbocycles. The minimum absolute atomic E-state index is 0.446. The zero-order valence-electron chi connectivity index (χ0n) is 16.6. The summed E-state index contributed by atoms with van der Waals surface area (Å²) in [7, 11) is -0.404. The third-order valence-electron chi connectivity index (χ3n) is 4.69. The van der Waals surface area contributed by atoms with Crippen LogP contribution >= 0.6 is 0 Å². The molecule has 0 aliphatic rings. The Hall–Kier alpha value is -0.0813. The molecule has 0 saturated carbocycles. The molecule has 2 radical (unpaired) electrons. The summed E-state index contributed by atoms with van der Waals surface area (Å²) in [6.45, 7) is 6.78. The van der Waals surface area contributed by atoms with Crippen LogP contribution in [0.4, 0.5) is 0 Å². The maximum atomic E-state index is 12.3. The van der Waals surface area contributed by atoms with Crippen LogP contribution in [0.1, 0.15) is 78.6 Å². The first-order valence-electron chi connectivity index (χ1n) is 9.57. The van der Waals surface area contributed by atoms with Gasteiger partial charge in [-0.05, 0) is 0 Å². The van der Waals surface area contributed by atoms with E-state index in [4.69, 9.17) is 0 Å². The van der Waals surface area contributed by atoms with Crippen molar-refractivity contribution in [2.75, 3.05) is 14.1 Å². The van der Waals surface area contributed by atoms with E-state index in [1.54, 1.807) is 20.3 Å². The van der Waals surface area contributed by atoms with Crippen LogP contribution in [0.25, 0.3) is 0 Å². The zero-order valence-corrected chi connectivity index (χ0v) is 20.3. The number of hydrogen-bond acceptors (Lipinski definition) is 3. The number of rotatable bonds is 13. The summed E-state index contributed by atoms with van der Waals surface area (Å²) < 4.78 is 28.6. The SMILES string of the molecule is CCCC[C](CCCC)(CCCC)[Sn][c]1cnn(S(=O)(=O)N(C)C)c1. The van der Waals surface area contributed by atoms with Crippen molar-refractivity contribution < 1.29 is 8.42 Å². The normalized spacial score (nSPS) is 12.9. The molecule has 5 nitrogen and oxygen atoms in total. The van der Waals surface area contributed by atoms with E-state index in [0.717, 1.165) is 4.09 Å². The third kappa shape index (κ3) is 6.86. The Kier molecular flexibility index (Phi) is 10.0. The fourth-order valence-corrected chi connectivity index (χ4v) is 9.31. The van der Waals surface area contributed by atoms with Crippen molar-refractivity contribution in [3.63, 3.8) is 0 Å². The molecule has 0 aromatic carbocycles. The van der Waals surface area contributed by atoms with Crippen molar-refractivity contribution in [3.05, 3.63) is 12.4 Å². The molecule has 0 saturated heterocycles. The van der Waals surface area contributed by atoms with Crippen LogP contribution < -0.4 is 3.58 Å². The first-order chi connectivity index (χ1) is 11.8. The molecular weight excluding hydrogens is 441 g/mol.